The van der Waals surface area contributed by atoms with Gasteiger partial charge in [0, 0.05) is 11.5 Å². The molecule has 13 heteroatoms. The number of carbonyl (C=O) groups is 1. The van der Waals surface area contributed by atoms with Crippen molar-refractivity contribution in [3.8, 4) is 0 Å². The number of aliphatic hydroxyl groups excluding tert-OH is 6. The van der Waals surface area contributed by atoms with E-state index in [1.54, 1.807) is 13.0 Å². The molecule has 0 aromatic heterocycles. The van der Waals surface area contributed by atoms with Crippen molar-refractivity contribution in [2.24, 2.45) is 34.5 Å². The standard InChI is InChI=1S/C35H54O13/c1-16-30(48-32-28(41)26(39)25(38)23(14-36)47-32)27(40)29(42)31(45-16)46-19-6-9-33(2)18(13-19)4-5-22-21(33)7-10-34(3)20(8-11-35(22,34)43)17-12-24(37)44-15-17/h12,16,18-23,25-32,36,38-43H,4-11,13-15H2,1-3H3/t16-,18-,19+,20-,21-,22+,23-,25-,26+,27+,28-,29-,30-,31+,32+,33+,34-,35+/m1/s1. The zero-order chi connectivity index (χ0) is 34.3. The van der Waals surface area contributed by atoms with E-state index < -0.39 is 73.6 Å². The summed E-state index contributed by atoms with van der Waals surface area (Å²) in [6, 6.07) is 0. The highest BCUT2D eigenvalue weighted by Crippen LogP contribution is 2.70. The number of rotatable bonds is 6. The van der Waals surface area contributed by atoms with E-state index in [1.165, 1.54) is 0 Å². The fourth-order valence-corrected chi connectivity index (χ4v) is 11.3. The van der Waals surface area contributed by atoms with Crippen molar-refractivity contribution >= 4 is 5.97 Å². The van der Waals surface area contributed by atoms with Gasteiger partial charge in [-0.1, -0.05) is 13.8 Å². The molecular weight excluding hydrogens is 628 g/mol. The molecule has 272 valence electrons. The molecule has 4 aliphatic carbocycles. The summed E-state index contributed by atoms with van der Waals surface area (Å²) in [6.07, 6.45) is -4.12. The van der Waals surface area contributed by atoms with Crippen molar-refractivity contribution < 1.29 is 64.2 Å². The fraction of sp³-hybridized carbons (Fsp3) is 0.914. The molecule has 0 aromatic carbocycles. The summed E-state index contributed by atoms with van der Waals surface area (Å²) < 4.78 is 28.8. The van der Waals surface area contributed by atoms with E-state index in [0.29, 0.717) is 18.4 Å². The maximum atomic E-state index is 12.5. The van der Waals surface area contributed by atoms with Gasteiger partial charge in [0.15, 0.2) is 12.6 Å². The van der Waals surface area contributed by atoms with Gasteiger partial charge in [0.05, 0.1) is 24.4 Å². The van der Waals surface area contributed by atoms with E-state index >= 15 is 0 Å². The average Bonchev–Trinajstić information content (AvgIpc) is 3.61. The summed E-state index contributed by atoms with van der Waals surface area (Å²) in [7, 11) is 0. The Balaban J connectivity index is 0.977. The quantitative estimate of drug-likeness (QED) is 0.149. The molecule has 0 unspecified atom stereocenters. The molecule has 7 aliphatic rings. The van der Waals surface area contributed by atoms with Gasteiger partial charge in [-0.05, 0) is 99.4 Å². The second-order valence-electron chi connectivity index (χ2n) is 16.3. The van der Waals surface area contributed by atoms with Crippen LogP contribution in [0.5, 0.6) is 0 Å². The van der Waals surface area contributed by atoms with Gasteiger partial charge in [0.25, 0.3) is 0 Å². The summed E-state index contributed by atoms with van der Waals surface area (Å²) in [5.74, 6) is 0.825. The van der Waals surface area contributed by atoms with Gasteiger partial charge in [0.2, 0.25) is 0 Å². The maximum Gasteiger partial charge on any atom is 0.331 e. The molecule has 7 N–H and O–H groups in total. The van der Waals surface area contributed by atoms with Crippen molar-refractivity contribution in [2.45, 2.75) is 152 Å². The van der Waals surface area contributed by atoms with Crippen LogP contribution in [0.1, 0.15) is 78.6 Å². The smallest absolute Gasteiger partial charge is 0.331 e. The molecule has 3 heterocycles. The number of ether oxygens (including phenoxy) is 5. The van der Waals surface area contributed by atoms with Crippen molar-refractivity contribution in [1.82, 2.24) is 0 Å². The normalized spacial score (nSPS) is 55.3. The average molecular weight is 683 g/mol. The molecule has 7 rings (SSSR count). The predicted octanol–water partition coefficient (Wildman–Crippen LogP) is 0.280. The molecule has 2 saturated heterocycles. The topological polar surface area (TPSA) is 205 Å². The Morgan fingerprint density at radius 2 is 1.56 bits per heavy atom. The van der Waals surface area contributed by atoms with E-state index in [-0.39, 0.29) is 34.7 Å². The number of hydrogen-bond acceptors (Lipinski definition) is 13. The van der Waals surface area contributed by atoms with Crippen molar-refractivity contribution in [1.29, 1.82) is 0 Å². The van der Waals surface area contributed by atoms with Crippen LogP contribution in [0.15, 0.2) is 11.6 Å². The largest absolute Gasteiger partial charge is 0.458 e. The molecule has 13 nitrogen and oxygen atoms in total. The number of cyclic esters (lactones) is 1. The molecule has 0 radical (unpaired) electrons. The minimum absolute atomic E-state index is 0.0345. The lowest BCUT2D eigenvalue weighted by Crippen LogP contribution is -2.64. The zero-order valence-corrected chi connectivity index (χ0v) is 28.1. The Hall–Kier alpha value is -1.23. The van der Waals surface area contributed by atoms with Gasteiger partial charge in [-0.3, -0.25) is 0 Å². The zero-order valence-electron chi connectivity index (χ0n) is 28.1. The first-order chi connectivity index (χ1) is 22.7. The third-order valence-corrected chi connectivity index (χ3v) is 14.2. The molecule has 18 atom stereocenters. The number of aliphatic hydroxyl groups is 7. The number of esters is 1. The van der Waals surface area contributed by atoms with Crippen LogP contribution in [0, 0.1) is 34.5 Å². The Bertz CT molecular complexity index is 1240. The lowest BCUT2D eigenvalue weighted by atomic mass is 9.43. The first-order valence-corrected chi connectivity index (χ1v) is 17.9. The summed E-state index contributed by atoms with van der Waals surface area (Å²) in [5, 5.41) is 74.7. The highest BCUT2D eigenvalue weighted by Gasteiger charge is 2.68. The van der Waals surface area contributed by atoms with Gasteiger partial charge in [-0.25, -0.2) is 4.79 Å². The number of fused-ring (bicyclic) bond motifs is 5. The van der Waals surface area contributed by atoms with Crippen LogP contribution in [-0.4, -0.2) is 128 Å². The van der Waals surface area contributed by atoms with Crippen LogP contribution in [0.3, 0.4) is 0 Å². The lowest BCUT2D eigenvalue weighted by molar-refractivity contribution is -0.360. The highest BCUT2D eigenvalue weighted by atomic mass is 16.7. The van der Waals surface area contributed by atoms with Crippen LogP contribution in [0.4, 0.5) is 0 Å². The Morgan fingerprint density at radius 1 is 0.833 bits per heavy atom. The molecule has 0 bridgehead atoms. The predicted molar refractivity (Wildman–Crippen MR) is 166 cm³/mol. The van der Waals surface area contributed by atoms with Gasteiger partial charge < -0.3 is 59.4 Å². The minimum Gasteiger partial charge on any atom is -0.458 e. The molecule has 4 saturated carbocycles. The Morgan fingerprint density at radius 3 is 2.27 bits per heavy atom. The van der Waals surface area contributed by atoms with Crippen LogP contribution < -0.4 is 0 Å². The third-order valence-electron chi connectivity index (χ3n) is 14.2. The van der Waals surface area contributed by atoms with Crippen molar-refractivity contribution in [3.05, 3.63) is 11.6 Å². The fourth-order valence-electron chi connectivity index (χ4n) is 11.3. The highest BCUT2D eigenvalue weighted by molar-refractivity contribution is 5.85. The first kappa shape index (κ1) is 35.2. The second kappa shape index (κ2) is 12.8. The summed E-state index contributed by atoms with van der Waals surface area (Å²) in [4.78, 5) is 11.9. The summed E-state index contributed by atoms with van der Waals surface area (Å²) >= 11 is 0. The van der Waals surface area contributed by atoms with Gasteiger partial charge in [-0.2, -0.15) is 0 Å². The van der Waals surface area contributed by atoms with E-state index in [2.05, 4.69) is 13.8 Å². The molecule has 48 heavy (non-hydrogen) atoms. The van der Waals surface area contributed by atoms with Crippen LogP contribution in [0.2, 0.25) is 0 Å². The monoisotopic (exact) mass is 682 g/mol. The molecule has 0 aromatic rings. The van der Waals surface area contributed by atoms with Crippen molar-refractivity contribution in [2.75, 3.05) is 13.2 Å². The minimum atomic E-state index is -1.65. The van der Waals surface area contributed by atoms with Gasteiger partial charge in [-0.15, -0.1) is 0 Å². The van der Waals surface area contributed by atoms with Crippen LogP contribution >= 0.6 is 0 Å². The van der Waals surface area contributed by atoms with Crippen LogP contribution in [0.25, 0.3) is 0 Å². The number of carbonyl (C=O) groups excluding carboxylic acids is 1. The summed E-state index contributed by atoms with van der Waals surface area (Å²) in [5.41, 5.74) is 0.00280. The lowest BCUT2D eigenvalue weighted by Gasteiger charge is -2.64. The van der Waals surface area contributed by atoms with Gasteiger partial charge >= 0.3 is 5.97 Å². The van der Waals surface area contributed by atoms with E-state index in [0.717, 1.165) is 63.4 Å². The molecule has 0 amide bonds. The van der Waals surface area contributed by atoms with Crippen molar-refractivity contribution in [3.63, 3.8) is 0 Å². The second-order valence-corrected chi connectivity index (χ2v) is 16.3. The molecular formula is C35H54O13. The Labute approximate surface area is 281 Å². The SMILES string of the molecule is C[C@H]1O[C@@H](O[C@H]2CC[C@@]3(C)[C@H](CC[C@H]4[C@H]3CC[C@]3(C)[C@@H](C5=CC(=O)OC5)CC[C@]43O)C2)[C@H](O)[C@H](O)[C@@H]1O[C@@H]1O[C@H](CO)[C@@H](O)[C@H](O)[C@H]1O. The maximum absolute atomic E-state index is 12.5. The molecule has 6 fully saturated rings. The summed E-state index contributed by atoms with van der Waals surface area (Å²) in [6.45, 7) is 5.97. The first-order valence-electron chi connectivity index (χ1n) is 17.9. The van der Waals surface area contributed by atoms with Crippen LogP contribution in [-0.2, 0) is 28.5 Å². The van der Waals surface area contributed by atoms with Gasteiger partial charge in [0.1, 0.15) is 49.3 Å². The number of hydrogen-bond donors (Lipinski definition) is 7. The molecule has 3 aliphatic heterocycles. The molecule has 0 spiro atoms. The van der Waals surface area contributed by atoms with E-state index in [4.69, 9.17) is 23.7 Å². The van der Waals surface area contributed by atoms with E-state index in [9.17, 15) is 40.5 Å². The van der Waals surface area contributed by atoms with E-state index in [1.807, 2.05) is 0 Å². The third kappa shape index (κ3) is 5.42. The Kier molecular flexibility index (Phi) is 9.36.